The Morgan fingerprint density at radius 3 is 1.44 bits per heavy atom. The number of nitrogens with one attached hydrogen (secondary N) is 2. The summed E-state index contributed by atoms with van der Waals surface area (Å²) in [7, 11) is 2.58. The molecule has 0 aliphatic rings. The summed E-state index contributed by atoms with van der Waals surface area (Å²) in [6.45, 7) is 0. The van der Waals surface area contributed by atoms with E-state index in [1.54, 1.807) is 48.5 Å². The zero-order chi connectivity index (χ0) is 27.1. The molecule has 0 heterocycles. The summed E-state index contributed by atoms with van der Waals surface area (Å²) in [6, 6.07) is 13.2. The molecule has 0 saturated carbocycles. The van der Waals surface area contributed by atoms with Crippen LogP contribution in [0.1, 0.15) is 38.0 Å². The van der Waals surface area contributed by atoms with E-state index < -0.39 is 23.7 Å². The van der Waals surface area contributed by atoms with E-state index >= 15 is 0 Å². The number of ketones is 2. The number of carbonyl (C=O) groups is 4. The molecule has 0 bridgehead atoms. The highest BCUT2D eigenvalue weighted by atomic mass is 33.1. The van der Waals surface area contributed by atoms with Gasteiger partial charge < -0.3 is 11.5 Å². The third-order valence-electron chi connectivity index (χ3n) is 5.03. The first-order valence-corrected chi connectivity index (χ1v) is 12.8. The lowest BCUT2D eigenvalue weighted by Crippen LogP contribution is -2.38. The van der Waals surface area contributed by atoms with Crippen molar-refractivity contribution in [1.82, 2.24) is 10.9 Å². The van der Waals surface area contributed by atoms with Gasteiger partial charge >= 0.3 is 0 Å². The molecule has 0 aromatic heterocycles. The highest BCUT2D eigenvalue weighted by Gasteiger charge is 2.26. The summed E-state index contributed by atoms with van der Waals surface area (Å²) in [5.74, 6) is 8.14. The molecule has 0 spiro atoms. The van der Waals surface area contributed by atoms with Crippen LogP contribution in [-0.4, -0.2) is 34.9 Å². The van der Waals surface area contributed by atoms with Crippen molar-refractivity contribution in [3.63, 3.8) is 0 Å². The Balaban J connectivity index is 0.00000421. The van der Waals surface area contributed by atoms with Crippen LogP contribution in [0.15, 0.2) is 48.5 Å². The molecule has 0 aliphatic carbocycles. The summed E-state index contributed by atoms with van der Waals surface area (Å²) in [5.41, 5.74) is 17.2. The van der Waals surface area contributed by atoms with Gasteiger partial charge in [-0.15, -0.1) is 0 Å². The second-order valence-corrected chi connectivity index (χ2v) is 9.96. The highest BCUT2D eigenvalue weighted by molar-refractivity contribution is 8.76. The van der Waals surface area contributed by atoms with Crippen molar-refractivity contribution in [3.05, 3.63) is 59.7 Å². The van der Waals surface area contributed by atoms with E-state index in [0.29, 0.717) is 22.5 Å². The predicted molar refractivity (Wildman–Crippen MR) is 140 cm³/mol. The lowest BCUT2D eigenvalue weighted by Gasteiger charge is -2.17. The van der Waals surface area contributed by atoms with Crippen LogP contribution in [0.5, 0.6) is 0 Å². The van der Waals surface area contributed by atoms with Gasteiger partial charge in [-0.05, 0) is 24.3 Å². The summed E-state index contributed by atoms with van der Waals surface area (Å²) < 4.78 is 10.0. The topological polar surface area (TPSA) is 196 Å². The monoisotopic (exact) mass is 513 g/mol. The van der Waals surface area contributed by atoms with Gasteiger partial charge in [0.05, 0.1) is 11.8 Å². The largest absolute Gasteiger partial charge is 0.398 e. The summed E-state index contributed by atoms with van der Waals surface area (Å²) >= 11 is 0. The van der Waals surface area contributed by atoms with Crippen LogP contribution < -0.4 is 34.0 Å². The zero-order valence-corrected chi connectivity index (χ0v) is 20.0. The maximum absolute atomic E-state index is 12.6. The fourth-order valence-corrected chi connectivity index (χ4v) is 5.74. The van der Waals surface area contributed by atoms with Crippen molar-refractivity contribution in [2.24, 2.45) is 23.5 Å². The van der Waals surface area contributed by atoms with Gasteiger partial charge in [-0.1, -0.05) is 45.9 Å². The number of nitrogens with two attached hydrogens (primary N) is 4. The maximum atomic E-state index is 12.6. The molecule has 2 aromatic carbocycles. The summed E-state index contributed by atoms with van der Waals surface area (Å²) in [4.78, 5) is 49.6. The molecule has 186 valence electrons. The van der Waals surface area contributed by atoms with Crippen molar-refractivity contribution < 1.29 is 23.6 Å². The third kappa shape index (κ3) is 7.76. The highest BCUT2D eigenvalue weighted by Crippen LogP contribution is 2.30. The molecule has 2 atom stereocenters. The van der Waals surface area contributed by atoms with Crippen LogP contribution in [-0.2, 0) is 9.59 Å². The molecule has 2 rings (SSSR count). The first-order chi connectivity index (χ1) is 17.3. The van der Waals surface area contributed by atoms with Crippen LogP contribution in [0.3, 0.4) is 0 Å². The van der Waals surface area contributed by atoms with Crippen LogP contribution >= 0.6 is 21.6 Å². The molecule has 0 aliphatic heterocycles. The van der Waals surface area contributed by atoms with Gasteiger partial charge in [0.2, 0.25) is 11.8 Å². The normalized spacial score (nSPS) is 12.6. The van der Waals surface area contributed by atoms with E-state index in [1.165, 1.54) is 21.6 Å². The van der Waals surface area contributed by atoms with Gasteiger partial charge in [-0.3, -0.25) is 30.0 Å². The lowest BCUT2D eigenvalue weighted by molar-refractivity contribution is -0.125. The minimum Gasteiger partial charge on any atom is -0.398 e. The molecule has 10 nitrogen and oxygen atoms in total. The quantitative estimate of drug-likeness (QED) is 0.0436. The van der Waals surface area contributed by atoms with E-state index in [2.05, 4.69) is 10.9 Å². The number of rotatable bonds is 13. The molecule has 34 heavy (non-hydrogen) atoms. The molecule has 10 N–H and O–H groups in total. The fraction of sp³-hybridized carbons (Fsp3) is 0.273. The van der Waals surface area contributed by atoms with E-state index in [-0.39, 0.29) is 37.3 Å². The van der Waals surface area contributed by atoms with E-state index in [4.69, 9.17) is 26.1 Å². The van der Waals surface area contributed by atoms with Crippen LogP contribution in [0.25, 0.3) is 0 Å². The molecule has 0 fully saturated rings. The first-order valence-electron chi connectivity index (χ1n) is 11.3. The Morgan fingerprint density at radius 1 is 0.765 bits per heavy atom. The van der Waals surface area contributed by atoms with E-state index in [9.17, 15) is 19.2 Å². The Labute approximate surface area is 209 Å². The average Bonchev–Trinajstić information content (AvgIpc) is 2.90. The molecular formula is C22H32N6O4S2. The molecule has 0 radical (unpaired) electrons. The molecule has 2 unspecified atom stereocenters. The van der Waals surface area contributed by atoms with E-state index in [0.717, 1.165) is 0 Å². The standard InChI is InChI=1S/C22H28N6O4S2.2H2/c23-17-7-3-1-5-15(17)19(29)9-13(21(31)27-25)11-33-34-12-14(22(32)28-26)10-20(30)16-6-2-4-8-18(16)24;;/h1-8,13-14H,9-12,23-26H2,(H,27,31)(H,28,32);2*1H/i;1+2D;1+2. The Morgan fingerprint density at radius 2 is 1.12 bits per heavy atom. The minimum atomic E-state index is -0.706. The van der Waals surface area contributed by atoms with Crippen LogP contribution in [0.4, 0.5) is 11.4 Å². The minimum absolute atomic E-state index is 0. The average molecular weight is 514 g/mol. The number of hydrazine groups is 2. The Hall–Kier alpha value is -3.06. The van der Waals surface area contributed by atoms with Crippen LogP contribution in [0, 0.1) is 11.8 Å². The second kappa shape index (κ2) is 13.6. The van der Waals surface area contributed by atoms with Gasteiger partial charge in [0.1, 0.15) is 0 Å². The van der Waals surface area contributed by atoms with Gasteiger partial charge in [-0.25, -0.2) is 11.7 Å². The molecule has 0 saturated heterocycles. The van der Waals surface area contributed by atoms with Gasteiger partial charge in [-0.2, -0.15) is 0 Å². The van der Waals surface area contributed by atoms with Gasteiger partial charge in [0.15, 0.2) is 11.6 Å². The molecule has 2 aromatic rings. The number of hydrogen-bond donors (Lipinski definition) is 6. The summed E-state index contributed by atoms with van der Waals surface area (Å²) in [5, 5.41) is 0. The number of anilines is 2. The van der Waals surface area contributed by atoms with Gasteiger partial charge in [0, 0.05) is 51.2 Å². The van der Waals surface area contributed by atoms with E-state index in [1.807, 2.05) is 0 Å². The fourth-order valence-electron chi connectivity index (χ4n) is 3.12. The first kappa shape index (κ1) is 25.6. The molecule has 2 amide bonds. The number of amides is 2. The number of Topliss-reactive ketones (excluding diaryl/α,β-unsaturated/α-hetero) is 2. The number of carbonyl (C=O) groups excluding carboxylic acids is 4. The maximum Gasteiger partial charge on any atom is 0.238 e. The number of para-hydroxylation sites is 2. The predicted octanol–water partition coefficient (Wildman–Crippen LogP) is 1.78. The number of benzene rings is 2. The molecular weight excluding hydrogens is 476 g/mol. The van der Waals surface area contributed by atoms with Crippen molar-refractivity contribution in [2.45, 2.75) is 12.8 Å². The number of nitrogen functional groups attached to an aromatic ring is 2. The summed E-state index contributed by atoms with van der Waals surface area (Å²) in [6.07, 6.45) is -0.160. The SMILES string of the molecule is NNC(=O)C(CSSCC(CC(=O)c1ccccc1N)C(=O)NN)CC(=O)c1ccccc1N.[2H][3H].[3HH]. The smallest absolute Gasteiger partial charge is 0.238 e. The molecule has 12 heteroatoms. The zero-order valence-electron chi connectivity index (χ0n) is 20.4. The van der Waals surface area contributed by atoms with Crippen molar-refractivity contribution in [2.75, 3.05) is 23.0 Å². The number of hydrogen-bond acceptors (Lipinski definition) is 10. The van der Waals surface area contributed by atoms with Crippen LogP contribution in [0.2, 0.25) is 0 Å². The lowest BCUT2D eigenvalue weighted by atomic mass is 9.98. The second-order valence-electron chi connectivity index (χ2n) is 7.41. The van der Waals surface area contributed by atoms with Gasteiger partial charge in [0.25, 0.3) is 0 Å². The Bertz CT molecular complexity index is 969. The van der Waals surface area contributed by atoms with Crippen molar-refractivity contribution >= 4 is 56.3 Å². The Kier molecular flexibility index (Phi) is 10.2. The van der Waals surface area contributed by atoms with Crippen molar-refractivity contribution in [1.29, 1.82) is 0 Å². The van der Waals surface area contributed by atoms with Crippen molar-refractivity contribution in [3.8, 4) is 0 Å². The third-order valence-corrected chi connectivity index (χ3v) is 7.59.